The number of nitrogens with zero attached hydrogens (tertiary/aromatic N) is 2. The molecular weight excluding hydrogens is 220 g/mol. The summed E-state index contributed by atoms with van der Waals surface area (Å²) in [6.45, 7) is 2.26. The molecule has 0 aliphatic carbocycles. The second kappa shape index (κ2) is 4.78. The first-order valence-electron chi connectivity index (χ1n) is 5.30. The summed E-state index contributed by atoms with van der Waals surface area (Å²) in [6.07, 6.45) is 0. The highest BCUT2D eigenvalue weighted by atomic mass is 16.5. The Morgan fingerprint density at radius 2 is 2.24 bits per heavy atom. The SMILES string of the molecule is CCOC(=O)C1=C(O)c2ccccc2CN=N1. The maximum Gasteiger partial charge on any atom is 0.362 e. The zero-order chi connectivity index (χ0) is 12.3. The number of fused-ring (bicyclic) bond motifs is 1. The predicted molar refractivity (Wildman–Crippen MR) is 61.2 cm³/mol. The van der Waals surface area contributed by atoms with Gasteiger partial charge in [-0.3, -0.25) is 0 Å². The van der Waals surface area contributed by atoms with E-state index in [0.717, 1.165) is 5.56 Å². The molecule has 5 nitrogen and oxygen atoms in total. The van der Waals surface area contributed by atoms with E-state index in [1.165, 1.54) is 0 Å². The van der Waals surface area contributed by atoms with Crippen molar-refractivity contribution in [3.8, 4) is 0 Å². The number of rotatable bonds is 2. The lowest BCUT2D eigenvalue weighted by molar-refractivity contribution is -0.138. The smallest absolute Gasteiger partial charge is 0.362 e. The van der Waals surface area contributed by atoms with Crippen LogP contribution in [0.1, 0.15) is 18.1 Å². The molecule has 17 heavy (non-hydrogen) atoms. The summed E-state index contributed by atoms with van der Waals surface area (Å²) >= 11 is 0. The van der Waals surface area contributed by atoms with Crippen LogP contribution >= 0.6 is 0 Å². The lowest BCUT2D eigenvalue weighted by atomic mass is 10.1. The Morgan fingerprint density at radius 3 is 3.00 bits per heavy atom. The second-order valence-corrected chi connectivity index (χ2v) is 3.47. The fourth-order valence-corrected chi connectivity index (χ4v) is 1.58. The number of hydrogen-bond donors (Lipinski definition) is 1. The number of carbonyl (C=O) groups is 1. The number of ether oxygens (including phenoxy) is 1. The molecule has 0 fully saturated rings. The largest absolute Gasteiger partial charge is 0.505 e. The van der Waals surface area contributed by atoms with E-state index in [0.29, 0.717) is 12.1 Å². The van der Waals surface area contributed by atoms with Gasteiger partial charge in [0.1, 0.15) is 0 Å². The minimum Gasteiger partial charge on any atom is -0.505 e. The van der Waals surface area contributed by atoms with Crippen molar-refractivity contribution in [2.24, 2.45) is 10.2 Å². The summed E-state index contributed by atoms with van der Waals surface area (Å²) in [4.78, 5) is 11.6. The van der Waals surface area contributed by atoms with Crippen LogP contribution in [0.5, 0.6) is 0 Å². The normalized spacial score (nSPS) is 14.2. The quantitative estimate of drug-likeness (QED) is 0.796. The minimum absolute atomic E-state index is 0.142. The van der Waals surface area contributed by atoms with Crippen LogP contribution in [0.4, 0.5) is 0 Å². The molecule has 1 N–H and O–H groups in total. The first-order valence-corrected chi connectivity index (χ1v) is 5.30. The van der Waals surface area contributed by atoms with E-state index in [2.05, 4.69) is 10.2 Å². The van der Waals surface area contributed by atoms with Gasteiger partial charge in [-0.15, -0.1) is 5.11 Å². The molecule has 5 heteroatoms. The molecule has 0 atom stereocenters. The van der Waals surface area contributed by atoms with Gasteiger partial charge < -0.3 is 9.84 Å². The van der Waals surface area contributed by atoms with Crippen LogP contribution in [0.2, 0.25) is 0 Å². The summed E-state index contributed by atoms with van der Waals surface area (Å²) in [6, 6.07) is 7.18. The number of aliphatic hydroxyl groups excluding tert-OH is 1. The third kappa shape index (κ3) is 2.18. The van der Waals surface area contributed by atoms with Gasteiger partial charge in [0.2, 0.25) is 5.70 Å². The van der Waals surface area contributed by atoms with Crippen LogP contribution in [-0.2, 0) is 16.1 Å². The van der Waals surface area contributed by atoms with E-state index < -0.39 is 5.97 Å². The van der Waals surface area contributed by atoms with Crippen molar-refractivity contribution in [2.45, 2.75) is 13.5 Å². The monoisotopic (exact) mass is 232 g/mol. The van der Waals surface area contributed by atoms with Gasteiger partial charge in [0.15, 0.2) is 5.76 Å². The Morgan fingerprint density at radius 1 is 1.47 bits per heavy atom. The molecule has 1 heterocycles. The predicted octanol–water partition coefficient (Wildman–Crippen LogP) is 2.44. The topological polar surface area (TPSA) is 71.2 Å². The molecule has 0 aromatic heterocycles. The van der Waals surface area contributed by atoms with Crippen LogP contribution < -0.4 is 0 Å². The summed E-state index contributed by atoms with van der Waals surface area (Å²) in [5.41, 5.74) is 1.26. The van der Waals surface area contributed by atoms with E-state index in [9.17, 15) is 9.90 Å². The molecule has 1 aromatic carbocycles. The van der Waals surface area contributed by atoms with E-state index in [4.69, 9.17) is 4.74 Å². The minimum atomic E-state index is -0.662. The number of esters is 1. The number of benzene rings is 1. The zero-order valence-corrected chi connectivity index (χ0v) is 9.38. The van der Waals surface area contributed by atoms with Gasteiger partial charge in [0, 0.05) is 5.56 Å². The summed E-state index contributed by atoms with van der Waals surface area (Å²) in [7, 11) is 0. The van der Waals surface area contributed by atoms with E-state index >= 15 is 0 Å². The maximum absolute atomic E-state index is 11.6. The third-order valence-electron chi connectivity index (χ3n) is 2.38. The fraction of sp³-hybridized carbons (Fsp3) is 0.250. The highest BCUT2D eigenvalue weighted by molar-refractivity contribution is 5.95. The first-order chi connectivity index (χ1) is 8.24. The third-order valence-corrected chi connectivity index (χ3v) is 2.38. The number of carbonyl (C=O) groups excluding carboxylic acids is 1. The van der Waals surface area contributed by atoms with Crippen LogP contribution in [0.15, 0.2) is 40.2 Å². The van der Waals surface area contributed by atoms with Gasteiger partial charge in [-0.05, 0) is 12.5 Å². The van der Waals surface area contributed by atoms with Crippen LogP contribution in [0, 0.1) is 0 Å². The molecule has 0 bridgehead atoms. The Balaban J connectivity index is 2.48. The van der Waals surface area contributed by atoms with Gasteiger partial charge in [-0.1, -0.05) is 24.3 Å². The van der Waals surface area contributed by atoms with Gasteiger partial charge in [-0.25, -0.2) is 4.79 Å². The van der Waals surface area contributed by atoms with Gasteiger partial charge in [-0.2, -0.15) is 5.11 Å². The van der Waals surface area contributed by atoms with Crippen molar-refractivity contribution in [1.29, 1.82) is 0 Å². The molecule has 0 unspecified atom stereocenters. The Hall–Kier alpha value is -2.17. The molecule has 0 saturated heterocycles. The Bertz CT molecular complexity index is 506. The van der Waals surface area contributed by atoms with Gasteiger partial charge in [0.25, 0.3) is 0 Å². The number of hydrogen-bond acceptors (Lipinski definition) is 5. The summed E-state index contributed by atoms with van der Waals surface area (Å²) < 4.78 is 4.81. The van der Waals surface area contributed by atoms with Crippen molar-refractivity contribution < 1.29 is 14.6 Å². The van der Waals surface area contributed by atoms with Gasteiger partial charge >= 0.3 is 5.97 Å². The van der Waals surface area contributed by atoms with E-state index in [-0.39, 0.29) is 18.1 Å². The number of azo groups is 1. The van der Waals surface area contributed by atoms with E-state index in [1.807, 2.05) is 12.1 Å². The fourth-order valence-electron chi connectivity index (χ4n) is 1.58. The van der Waals surface area contributed by atoms with Crippen molar-refractivity contribution in [1.82, 2.24) is 0 Å². The average Bonchev–Trinajstić information content (AvgIpc) is 2.50. The zero-order valence-electron chi connectivity index (χ0n) is 9.38. The molecule has 1 aliphatic heterocycles. The maximum atomic E-state index is 11.6. The summed E-state index contributed by atoms with van der Waals surface area (Å²) in [5, 5.41) is 17.6. The van der Waals surface area contributed by atoms with Crippen LogP contribution in [0.25, 0.3) is 5.76 Å². The molecule has 88 valence electrons. The molecule has 1 aromatic rings. The van der Waals surface area contributed by atoms with Crippen LogP contribution in [0.3, 0.4) is 0 Å². The second-order valence-electron chi connectivity index (χ2n) is 3.47. The standard InChI is InChI=1S/C12H12N2O3/c1-2-17-12(16)10-11(15)9-6-4-3-5-8(9)7-13-14-10/h3-6,15H,2,7H2,1H3. The van der Waals surface area contributed by atoms with Crippen LogP contribution in [-0.4, -0.2) is 17.7 Å². The first kappa shape index (κ1) is 11.3. The highest BCUT2D eigenvalue weighted by Gasteiger charge is 2.21. The highest BCUT2D eigenvalue weighted by Crippen LogP contribution is 2.25. The summed E-state index contributed by atoms with van der Waals surface area (Å²) in [5.74, 6) is -0.842. The molecular formula is C12H12N2O3. The van der Waals surface area contributed by atoms with Crippen molar-refractivity contribution >= 4 is 11.7 Å². The van der Waals surface area contributed by atoms with Crippen molar-refractivity contribution in [3.05, 3.63) is 41.1 Å². The van der Waals surface area contributed by atoms with Gasteiger partial charge in [0.05, 0.1) is 13.2 Å². The van der Waals surface area contributed by atoms with Crippen molar-refractivity contribution in [3.63, 3.8) is 0 Å². The lowest BCUT2D eigenvalue weighted by Crippen LogP contribution is -2.08. The Kier molecular flexibility index (Phi) is 3.18. The number of aliphatic hydroxyl groups is 1. The average molecular weight is 232 g/mol. The lowest BCUT2D eigenvalue weighted by Gasteiger charge is -2.05. The Labute approximate surface area is 98.4 Å². The molecule has 0 spiro atoms. The van der Waals surface area contributed by atoms with E-state index in [1.54, 1.807) is 19.1 Å². The molecule has 1 aliphatic rings. The molecule has 2 rings (SSSR count). The molecule has 0 radical (unpaired) electrons. The molecule has 0 saturated carbocycles. The van der Waals surface area contributed by atoms with Crippen molar-refractivity contribution in [2.75, 3.05) is 6.61 Å². The molecule has 0 amide bonds.